The van der Waals surface area contributed by atoms with Gasteiger partial charge < -0.3 is 15.7 Å². The van der Waals surface area contributed by atoms with Crippen molar-refractivity contribution in [3.63, 3.8) is 0 Å². The van der Waals surface area contributed by atoms with E-state index in [4.69, 9.17) is 0 Å². The highest BCUT2D eigenvalue weighted by molar-refractivity contribution is 5.94. The maximum atomic E-state index is 11.2. The molecule has 0 fully saturated rings. The van der Waals surface area contributed by atoms with E-state index >= 15 is 0 Å². The van der Waals surface area contributed by atoms with Crippen molar-refractivity contribution in [3.05, 3.63) is 64.5 Å². The fourth-order valence-electron chi connectivity index (χ4n) is 2.74. The van der Waals surface area contributed by atoms with Crippen LogP contribution in [0.25, 0.3) is 23.6 Å². The van der Waals surface area contributed by atoms with Gasteiger partial charge in [-0.1, -0.05) is 36.9 Å². The Hall–Kier alpha value is -3.85. The third kappa shape index (κ3) is 4.27. The van der Waals surface area contributed by atoms with Crippen LogP contribution in [0, 0.1) is 12.1 Å². The highest BCUT2D eigenvalue weighted by Gasteiger charge is 2.08. The fraction of sp³-hybridized carbons (Fsp3) is 0.136. The summed E-state index contributed by atoms with van der Waals surface area (Å²) in [5, 5.41) is 17.9. The van der Waals surface area contributed by atoms with Gasteiger partial charge >= 0.3 is 5.97 Å². The number of anilines is 2. The molecule has 6 nitrogen and oxygen atoms in total. The quantitative estimate of drug-likeness (QED) is 0.436. The zero-order valence-corrected chi connectivity index (χ0v) is 15.5. The van der Waals surface area contributed by atoms with E-state index in [1.807, 2.05) is 36.4 Å². The number of fused-ring (bicyclic) bond motifs is 1. The van der Waals surface area contributed by atoms with Gasteiger partial charge in [0.1, 0.15) is 11.4 Å². The Labute approximate surface area is 163 Å². The van der Waals surface area contributed by atoms with Gasteiger partial charge in [0.15, 0.2) is 0 Å². The van der Waals surface area contributed by atoms with Gasteiger partial charge in [-0.15, -0.1) is 0 Å². The van der Waals surface area contributed by atoms with Crippen molar-refractivity contribution in [2.75, 3.05) is 30.8 Å². The van der Waals surface area contributed by atoms with Crippen LogP contribution >= 0.6 is 0 Å². The van der Waals surface area contributed by atoms with Crippen LogP contribution in [0.1, 0.15) is 10.4 Å². The summed E-state index contributed by atoms with van der Waals surface area (Å²) in [6.45, 7) is 5.43. The number of hydrogen-bond acceptors (Lipinski definition) is 5. The molecule has 3 rings (SSSR count). The molecule has 0 aliphatic heterocycles. The number of nitrogens with one attached hydrogen (secondary N) is 2. The molecule has 2 aromatic carbocycles. The number of benzene rings is 1. The summed E-state index contributed by atoms with van der Waals surface area (Å²) in [5.41, 5.74) is 1.56. The van der Waals surface area contributed by atoms with Crippen LogP contribution in [-0.4, -0.2) is 42.4 Å². The molecule has 0 spiro atoms. The van der Waals surface area contributed by atoms with Crippen LogP contribution in [-0.2, 0) is 0 Å². The SMILES string of the molecule is C=c1/c(=C\C=N/C)c(NCCNc2ccccc2)nc2cc(C(=O)O)c#cc12. The van der Waals surface area contributed by atoms with Gasteiger partial charge in [0.25, 0.3) is 0 Å². The molecule has 0 unspecified atom stereocenters. The predicted molar refractivity (Wildman–Crippen MR) is 113 cm³/mol. The standard InChI is InChI=1S/C22H20N4O2/c1-15-18-9-8-16(22(27)28)14-20(18)26-21(19(15)10-11-23-2)25-13-12-24-17-6-4-3-5-7-17/h3-7,10-11,14,24H,1,12-13H2,2H3,(H,25,26)(H,27,28)/b19-10+,23-11-. The second-order valence-corrected chi connectivity index (χ2v) is 6.02. The summed E-state index contributed by atoms with van der Waals surface area (Å²) in [5.74, 6) is -0.455. The maximum absolute atomic E-state index is 11.2. The molecule has 28 heavy (non-hydrogen) atoms. The van der Waals surface area contributed by atoms with Gasteiger partial charge in [-0.25, -0.2) is 9.78 Å². The van der Waals surface area contributed by atoms with Gasteiger partial charge in [0, 0.05) is 37.3 Å². The van der Waals surface area contributed by atoms with Crippen LogP contribution in [0.3, 0.4) is 0 Å². The zero-order valence-electron chi connectivity index (χ0n) is 15.5. The Morgan fingerprint density at radius 1 is 1.25 bits per heavy atom. The Bertz CT molecular complexity index is 1120. The number of para-hydroxylation sites is 1. The molecular weight excluding hydrogens is 352 g/mol. The molecule has 0 radical (unpaired) electrons. The molecule has 0 saturated carbocycles. The lowest BCUT2D eigenvalue weighted by Gasteiger charge is -2.10. The van der Waals surface area contributed by atoms with Gasteiger partial charge in [-0.3, -0.25) is 4.99 Å². The van der Waals surface area contributed by atoms with E-state index in [0.717, 1.165) is 10.9 Å². The molecule has 0 atom stereocenters. The summed E-state index contributed by atoms with van der Waals surface area (Å²) in [6.07, 6.45) is 3.49. The minimum absolute atomic E-state index is 0.0166. The van der Waals surface area contributed by atoms with E-state index < -0.39 is 5.97 Å². The number of aliphatic imine (C=N–C) groups is 1. The lowest BCUT2D eigenvalue weighted by atomic mass is 10.1. The minimum Gasteiger partial charge on any atom is -0.477 e. The summed E-state index contributed by atoms with van der Waals surface area (Å²) in [6, 6.07) is 16.9. The third-order valence-electron chi connectivity index (χ3n) is 4.11. The highest BCUT2D eigenvalue weighted by atomic mass is 16.4. The first-order valence-corrected chi connectivity index (χ1v) is 8.75. The fourth-order valence-corrected chi connectivity index (χ4v) is 2.74. The topological polar surface area (TPSA) is 86.6 Å². The van der Waals surface area contributed by atoms with E-state index in [0.29, 0.717) is 35.0 Å². The molecule has 3 aromatic rings. The van der Waals surface area contributed by atoms with E-state index in [9.17, 15) is 9.90 Å². The Balaban J connectivity index is 1.91. The molecule has 0 aliphatic rings. The molecule has 0 amide bonds. The van der Waals surface area contributed by atoms with E-state index in [1.54, 1.807) is 13.3 Å². The van der Waals surface area contributed by atoms with E-state index in [-0.39, 0.29) is 5.56 Å². The van der Waals surface area contributed by atoms with Crippen LogP contribution in [0.4, 0.5) is 11.5 Å². The van der Waals surface area contributed by atoms with Crippen LogP contribution < -0.4 is 21.1 Å². The summed E-state index contributed by atoms with van der Waals surface area (Å²) < 4.78 is 0. The molecular formula is C22H20N4O2. The predicted octanol–water partition coefficient (Wildman–Crippen LogP) is 1.95. The second-order valence-electron chi connectivity index (χ2n) is 6.02. The lowest BCUT2D eigenvalue weighted by molar-refractivity contribution is 0.0697. The normalized spacial score (nSPS) is 11.5. The maximum Gasteiger partial charge on any atom is 0.344 e. The number of carboxylic acid groups (broad SMARTS) is 1. The van der Waals surface area contributed by atoms with E-state index in [1.165, 1.54) is 6.07 Å². The summed E-state index contributed by atoms with van der Waals surface area (Å²) in [4.78, 5) is 19.8. The number of nitrogens with zero attached hydrogens (tertiary/aromatic N) is 2. The number of carbonyl (C=O) groups is 1. The Kier molecular flexibility index (Phi) is 5.87. The summed E-state index contributed by atoms with van der Waals surface area (Å²) in [7, 11) is 1.68. The number of aromatic carboxylic acids is 1. The Morgan fingerprint density at radius 2 is 2.00 bits per heavy atom. The molecule has 1 heterocycles. The van der Waals surface area contributed by atoms with Crippen molar-refractivity contribution in [3.8, 4) is 0 Å². The molecule has 6 heteroatoms. The van der Waals surface area contributed by atoms with Crippen molar-refractivity contribution >= 4 is 47.2 Å². The third-order valence-corrected chi connectivity index (χ3v) is 4.11. The molecule has 0 aliphatic carbocycles. The molecule has 0 bridgehead atoms. The van der Waals surface area contributed by atoms with Crippen molar-refractivity contribution in [2.24, 2.45) is 4.99 Å². The van der Waals surface area contributed by atoms with Crippen molar-refractivity contribution in [2.45, 2.75) is 0 Å². The monoisotopic (exact) mass is 372 g/mol. The minimum atomic E-state index is -1.07. The number of pyridine rings is 1. The first-order chi connectivity index (χ1) is 13.6. The zero-order chi connectivity index (χ0) is 19.9. The van der Waals surface area contributed by atoms with Gasteiger partial charge in [-0.2, -0.15) is 0 Å². The first kappa shape index (κ1) is 18.9. The summed E-state index contributed by atoms with van der Waals surface area (Å²) >= 11 is 0. The van der Waals surface area contributed by atoms with Crippen LogP contribution in [0.5, 0.6) is 0 Å². The lowest BCUT2D eigenvalue weighted by Crippen LogP contribution is -2.30. The van der Waals surface area contributed by atoms with Gasteiger partial charge in [0.2, 0.25) is 0 Å². The molecule has 140 valence electrons. The first-order valence-electron chi connectivity index (χ1n) is 8.75. The van der Waals surface area contributed by atoms with Gasteiger partial charge in [0.05, 0.1) is 10.9 Å². The number of hydrogen-bond donors (Lipinski definition) is 3. The highest BCUT2D eigenvalue weighted by Crippen LogP contribution is 2.08. The smallest absolute Gasteiger partial charge is 0.344 e. The van der Waals surface area contributed by atoms with Crippen molar-refractivity contribution in [1.82, 2.24) is 4.98 Å². The molecule has 0 saturated heterocycles. The van der Waals surface area contributed by atoms with Crippen LogP contribution in [0.2, 0.25) is 0 Å². The Morgan fingerprint density at radius 3 is 2.71 bits per heavy atom. The van der Waals surface area contributed by atoms with Crippen LogP contribution in [0.15, 0.2) is 41.4 Å². The molecule has 3 N–H and O–H groups in total. The number of rotatable bonds is 7. The molecule has 1 aromatic heterocycles. The van der Waals surface area contributed by atoms with Gasteiger partial charge in [-0.05, 0) is 29.5 Å². The van der Waals surface area contributed by atoms with E-state index in [2.05, 4.69) is 39.3 Å². The number of carboxylic acids is 1. The number of aromatic nitrogens is 1. The second kappa shape index (κ2) is 8.69. The largest absolute Gasteiger partial charge is 0.477 e. The van der Waals surface area contributed by atoms with Crippen molar-refractivity contribution < 1.29 is 9.90 Å². The average molecular weight is 372 g/mol. The average Bonchev–Trinajstić information content (AvgIpc) is 2.71. The van der Waals surface area contributed by atoms with Crippen molar-refractivity contribution in [1.29, 1.82) is 0 Å².